The molecule has 12 heteroatoms. The van der Waals surface area contributed by atoms with Gasteiger partial charge in [0.15, 0.2) is 5.65 Å². The molecule has 34 heavy (non-hydrogen) atoms. The second kappa shape index (κ2) is 7.67. The minimum Gasteiger partial charge on any atom is -0.356 e. The van der Waals surface area contributed by atoms with Gasteiger partial charge in [0.05, 0.1) is 17.1 Å². The molecule has 1 saturated heterocycles. The molecular formula is C22H21F3N8O. The summed E-state index contributed by atoms with van der Waals surface area (Å²) in [4.78, 5) is 18.7. The van der Waals surface area contributed by atoms with Crippen molar-refractivity contribution in [3.05, 3.63) is 42.0 Å². The fourth-order valence-electron chi connectivity index (χ4n) is 4.47. The second-order valence-electron chi connectivity index (χ2n) is 8.81. The van der Waals surface area contributed by atoms with Crippen LogP contribution in [0.25, 0.3) is 16.7 Å². The highest BCUT2D eigenvalue weighted by atomic mass is 19.4. The summed E-state index contributed by atoms with van der Waals surface area (Å²) in [6, 6.07) is 9.28. The van der Waals surface area contributed by atoms with Crippen LogP contribution in [0.4, 0.5) is 24.9 Å². The zero-order valence-corrected chi connectivity index (χ0v) is 18.0. The number of carbonyl (C=O) groups excluding carboxylic acids is 1. The highest BCUT2D eigenvalue weighted by Crippen LogP contribution is 2.33. The van der Waals surface area contributed by atoms with Gasteiger partial charge in [-0.05, 0) is 56.0 Å². The standard InChI is InChI=1S/C22H21F3N8O/c23-22(24,25)14-6-7-17-16(12-14)28-30-32(17)15-8-10-31(11-9-15)19-3-1-2-18-26-21(29-33(18)19)27-20(34)13-4-5-13/h1-3,6-7,12-13,15H,4-5,8-11H2,(H,27,29,34). The van der Waals surface area contributed by atoms with Gasteiger partial charge in [0.1, 0.15) is 11.3 Å². The van der Waals surface area contributed by atoms with E-state index in [1.165, 1.54) is 6.07 Å². The van der Waals surface area contributed by atoms with Crippen molar-refractivity contribution in [2.45, 2.75) is 37.9 Å². The number of pyridine rings is 1. The van der Waals surface area contributed by atoms with E-state index < -0.39 is 11.7 Å². The lowest BCUT2D eigenvalue weighted by atomic mass is 10.0. The summed E-state index contributed by atoms with van der Waals surface area (Å²) >= 11 is 0. The van der Waals surface area contributed by atoms with Crippen molar-refractivity contribution in [2.75, 3.05) is 23.3 Å². The summed E-state index contributed by atoms with van der Waals surface area (Å²) in [7, 11) is 0. The van der Waals surface area contributed by atoms with E-state index in [4.69, 9.17) is 0 Å². The highest BCUT2D eigenvalue weighted by molar-refractivity contribution is 5.92. The molecule has 4 aromatic rings. The number of halogens is 3. The first-order chi connectivity index (χ1) is 16.4. The average molecular weight is 470 g/mol. The number of benzene rings is 1. The third-order valence-corrected chi connectivity index (χ3v) is 6.46. The number of anilines is 2. The largest absolute Gasteiger partial charge is 0.416 e. The molecule has 1 saturated carbocycles. The van der Waals surface area contributed by atoms with E-state index in [2.05, 4.69) is 30.6 Å². The molecule has 0 spiro atoms. The number of hydrogen-bond donors (Lipinski definition) is 1. The Kier molecular flexibility index (Phi) is 4.71. The first-order valence-electron chi connectivity index (χ1n) is 11.2. The number of alkyl halides is 3. The molecule has 1 amide bonds. The van der Waals surface area contributed by atoms with Crippen molar-refractivity contribution in [3.63, 3.8) is 0 Å². The van der Waals surface area contributed by atoms with E-state index in [1.807, 2.05) is 18.2 Å². The van der Waals surface area contributed by atoms with Gasteiger partial charge < -0.3 is 4.90 Å². The monoisotopic (exact) mass is 470 g/mol. The molecule has 6 rings (SSSR count). The Bertz CT molecular complexity index is 1380. The molecule has 176 valence electrons. The van der Waals surface area contributed by atoms with Crippen LogP contribution in [0.5, 0.6) is 0 Å². The normalized spacial score (nSPS) is 17.6. The van der Waals surface area contributed by atoms with E-state index in [0.29, 0.717) is 30.2 Å². The minimum absolute atomic E-state index is 0.0290. The predicted octanol–water partition coefficient (Wildman–Crippen LogP) is 3.68. The molecular weight excluding hydrogens is 449 g/mol. The Hall–Kier alpha value is -3.70. The lowest BCUT2D eigenvalue weighted by molar-refractivity contribution is -0.137. The third kappa shape index (κ3) is 3.72. The molecule has 2 aliphatic rings. The predicted molar refractivity (Wildman–Crippen MR) is 117 cm³/mol. The molecule has 0 unspecified atom stereocenters. The molecule has 1 aliphatic heterocycles. The molecule has 3 aromatic heterocycles. The van der Waals surface area contributed by atoms with Crippen molar-refractivity contribution in [3.8, 4) is 0 Å². The van der Waals surface area contributed by atoms with Gasteiger partial charge in [-0.1, -0.05) is 11.3 Å². The molecule has 0 bridgehead atoms. The van der Waals surface area contributed by atoms with Gasteiger partial charge in [0.2, 0.25) is 11.9 Å². The highest BCUT2D eigenvalue weighted by Gasteiger charge is 2.32. The Balaban J connectivity index is 1.19. The first-order valence-corrected chi connectivity index (χ1v) is 11.2. The molecule has 1 aromatic carbocycles. The number of fused-ring (bicyclic) bond motifs is 2. The summed E-state index contributed by atoms with van der Waals surface area (Å²) in [5.41, 5.74) is 0.759. The van der Waals surface area contributed by atoms with Gasteiger partial charge in [-0.25, -0.2) is 4.68 Å². The Morgan fingerprint density at radius 2 is 1.85 bits per heavy atom. The van der Waals surface area contributed by atoms with E-state index in [9.17, 15) is 18.0 Å². The van der Waals surface area contributed by atoms with E-state index in [0.717, 1.165) is 43.6 Å². The van der Waals surface area contributed by atoms with E-state index >= 15 is 0 Å². The lowest BCUT2D eigenvalue weighted by Crippen LogP contribution is -2.36. The average Bonchev–Trinajstić information content (AvgIpc) is 3.46. The summed E-state index contributed by atoms with van der Waals surface area (Å²) in [5, 5.41) is 15.4. The number of nitrogens with one attached hydrogen (secondary N) is 1. The molecule has 9 nitrogen and oxygen atoms in total. The van der Waals surface area contributed by atoms with Gasteiger partial charge in [0.25, 0.3) is 0 Å². The van der Waals surface area contributed by atoms with Crippen LogP contribution in [0.3, 0.4) is 0 Å². The maximum atomic E-state index is 13.0. The van der Waals surface area contributed by atoms with Crippen molar-refractivity contribution in [2.24, 2.45) is 5.92 Å². The number of carbonyl (C=O) groups is 1. The number of aromatic nitrogens is 6. The van der Waals surface area contributed by atoms with Crippen LogP contribution < -0.4 is 10.2 Å². The number of nitrogens with zero attached hydrogens (tertiary/aromatic N) is 7. The lowest BCUT2D eigenvalue weighted by Gasteiger charge is -2.33. The summed E-state index contributed by atoms with van der Waals surface area (Å²) in [6.45, 7) is 1.41. The number of rotatable bonds is 4. The fraction of sp³-hybridized carbons (Fsp3) is 0.409. The molecule has 1 N–H and O–H groups in total. The summed E-state index contributed by atoms with van der Waals surface area (Å²) in [5.74, 6) is 1.19. The number of piperidine rings is 1. The number of amides is 1. The molecule has 2 fully saturated rings. The zero-order chi connectivity index (χ0) is 23.4. The molecule has 0 radical (unpaired) electrons. The quantitative estimate of drug-likeness (QED) is 0.489. The SMILES string of the molecule is O=C(Nc1nc2cccc(N3CCC(n4nnc5cc(C(F)(F)F)ccc54)CC3)n2n1)C1CC1. The van der Waals surface area contributed by atoms with Gasteiger partial charge in [0, 0.05) is 19.0 Å². The Labute approximate surface area is 191 Å². The van der Waals surface area contributed by atoms with Crippen LogP contribution in [0, 0.1) is 5.92 Å². The van der Waals surface area contributed by atoms with Crippen molar-refractivity contribution >= 4 is 34.4 Å². The third-order valence-electron chi connectivity index (χ3n) is 6.46. The van der Waals surface area contributed by atoms with E-state index in [-0.39, 0.29) is 23.4 Å². The summed E-state index contributed by atoms with van der Waals surface area (Å²) in [6.07, 6.45) is -1.11. The molecule has 0 atom stereocenters. The van der Waals surface area contributed by atoms with Gasteiger partial charge in [-0.15, -0.1) is 10.2 Å². The number of hydrogen-bond acceptors (Lipinski definition) is 6. The minimum atomic E-state index is -4.41. The maximum absolute atomic E-state index is 13.0. The van der Waals surface area contributed by atoms with E-state index in [1.54, 1.807) is 9.20 Å². The van der Waals surface area contributed by atoms with Gasteiger partial charge in [-0.2, -0.15) is 22.7 Å². The Morgan fingerprint density at radius 3 is 2.59 bits per heavy atom. The topological polar surface area (TPSA) is 93.2 Å². The van der Waals surface area contributed by atoms with Gasteiger partial charge >= 0.3 is 6.18 Å². The smallest absolute Gasteiger partial charge is 0.356 e. The Morgan fingerprint density at radius 1 is 1.06 bits per heavy atom. The van der Waals surface area contributed by atoms with Crippen molar-refractivity contribution in [1.29, 1.82) is 0 Å². The maximum Gasteiger partial charge on any atom is 0.416 e. The molecule has 1 aliphatic carbocycles. The van der Waals surface area contributed by atoms with Crippen molar-refractivity contribution < 1.29 is 18.0 Å². The van der Waals surface area contributed by atoms with Crippen molar-refractivity contribution in [1.82, 2.24) is 29.6 Å². The van der Waals surface area contributed by atoms with Crippen LogP contribution >= 0.6 is 0 Å². The van der Waals surface area contributed by atoms with Crippen LogP contribution in [-0.4, -0.2) is 48.6 Å². The second-order valence-corrected chi connectivity index (χ2v) is 8.81. The zero-order valence-electron chi connectivity index (χ0n) is 18.0. The molecule has 4 heterocycles. The van der Waals surface area contributed by atoms with Crippen LogP contribution in [0.2, 0.25) is 0 Å². The van der Waals surface area contributed by atoms with Crippen LogP contribution in [-0.2, 0) is 11.0 Å². The van der Waals surface area contributed by atoms with Gasteiger partial charge in [-0.3, -0.25) is 10.1 Å². The first kappa shape index (κ1) is 20.9. The fourth-order valence-corrected chi connectivity index (χ4v) is 4.47. The van der Waals surface area contributed by atoms with Crippen LogP contribution in [0.15, 0.2) is 36.4 Å². The van der Waals surface area contributed by atoms with Crippen LogP contribution in [0.1, 0.15) is 37.3 Å². The summed E-state index contributed by atoms with van der Waals surface area (Å²) < 4.78 is 42.5.